The zero-order valence-corrected chi connectivity index (χ0v) is 13.6. The van der Waals surface area contributed by atoms with Gasteiger partial charge in [-0.25, -0.2) is 13.1 Å². The highest BCUT2D eigenvalue weighted by molar-refractivity contribution is 7.89. The van der Waals surface area contributed by atoms with Gasteiger partial charge in [0, 0.05) is 12.6 Å². The van der Waals surface area contributed by atoms with Crippen molar-refractivity contribution in [2.45, 2.75) is 44.7 Å². The molecule has 0 spiro atoms. The first-order valence-electron chi connectivity index (χ1n) is 6.78. The Kier molecular flexibility index (Phi) is 4.44. The van der Waals surface area contributed by atoms with E-state index in [0.29, 0.717) is 6.54 Å². The molecule has 6 heteroatoms. The van der Waals surface area contributed by atoms with Crippen LogP contribution in [0.2, 0.25) is 5.02 Å². The first kappa shape index (κ1) is 15.8. The van der Waals surface area contributed by atoms with Crippen molar-refractivity contribution in [2.24, 2.45) is 5.41 Å². The highest BCUT2D eigenvalue weighted by Gasteiger charge is 2.48. The largest absolute Gasteiger partial charge is 0.313 e. The summed E-state index contributed by atoms with van der Waals surface area (Å²) in [5, 5.41) is 3.43. The number of rotatable bonds is 6. The minimum Gasteiger partial charge on any atom is -0.313 e. The third-order valence-corrected chi connectivity index (χ3v) is 5.63. The van der Waals surface area contributed by atoms with Crippen LogP contribution in [0.1, 0.15) is 32.8 Å². The number of nitrogens with one attached hydrogen (secondary N) is 2. The Labute approximate surface area is 126 Å². The Morgan fingerprint density at radius 3 is 2.60 bits per heavy atom. The lowest BCUT2D eigenvalue weighted by atomic mass is 10.2. The first-order valence-corrected chi connectivity index (χ1v) is 8.64. The van der Waals surface area contributed by atoms with Crippen LogP contribution < -0.4 is 10.0 Å². The molecule has 0 bridgehead atoms. The number of benzene rings is 1. The number of hydrogen-bond acceptors (Lipinski definition) is 3. The molecule has 1 saturated carbocycles. The molecule has 1 fully saturated rings. The fourth-order valence-corrected chi connectivity index (χ4v) is 4.01. The third kappa shape index (κ3) is 3.52. The van der Waals surface area contributed by atoms with Gasteiger partial charge in [0.05, 0.1) is 5.02 Å². The number of halogens is 1. The molecule has 20 heavy (non-hydrogen) atoms. The molecule has 2 rings (SSSR count). The first-order chi connectivity index (χ1) is 9.26. The van der Waals surface area contributed by atoms with E-state index in [2.05, 4.69) is 10.0 Å². The van der Waals surface area contributed by atoms with Crippen molar-refractivity contribution in [1.82, 2.24) is 10.0 Å². The van der Waals surface area contributed by atoms with Gasteiger partial charge < -0.3 is 5.32 Å². The second-order valence-corrected chi connectivity index (χ2v) is 8.00. The minimum atomic E-state index is -3.56. The van der Waals surface area contributed by atoms with Crippen molar-refractivity contribution >= 4 is 21.6 Å². The summed E-state index contributed by atoms with van der Waals surface area (Å²) in [5.41, 5.74) is 0.952. The van der Waals surface area contributed by atoms with Crippen LogP contribution in [0.25, 0.3) is 0 Å². The summed E-state index contributed by atoms with van der Waals surface area (Å²) in [4.78, 5) is 0.164. The zero-order valence-electron chi connectivity index (χ0n) is 12.0. The molecule has 0 aromatic heterocycles. The van der Waals surface area contributed by atoms with E-state index >= 15 is 0 Å². The summed E-state index contributed by atoms with van der Waals surface area (Å²) < 4.78 is 27.5. The predicted molar refractivity (Wildman–Crippen MR) is 81.3 cm³/mol. The highest BCUT2D eigenvalue weighted by atomic mass is 35.5. The van der Waals surface area contributed by atoms with E-state index in [4.69, 9.17) is 11.6 Å². The summed E-state index contributed by atoms with van der Waals surface area (Å²) in [5.74, 6) is 0. The second kappa shape index (κ2) is 5.64. The van der Waals surface area contributed by atoms with E-state index in [1.165, 1.54) is 0 Å². The molecule has 0 amide bonds. The standard InChI is InChI=1S/C14H21ClN2O2S/c1-4-16-9-10-5-6-11(15)12(7-10)20(18,19)17-13-8-14(13,2)3/h5-7,13,16-17H,4,8-9H2,1-3H3. The molecule has 1 atom stereocenters. The fourth-order valence-electron chi connectivity index (χ4n) is 2.05. The average Bonchev–Trinajstić information content (AvgIpc) is 2.94. The highest BCUT2D eigenvalue weighted by Crippen LogP contribution is 2.45. The van der Waals surface area contributed by atoms with Gasteiger partial charge in [0.15, 0.2) is 0 Å². The van der Waals surface area contributed by atoms with Gasteiger partial charge in [-0.15, -0.1) is 0 Å². The molecule has 2 N–H and O–H groups in total. The maximum atomic E-state index is 12.4. The van der Waals surface area contributed by atoms with Gasteiger partial charge in [0.1, 0.15) is 4.90 Å². The Hall–Kier alpha value is -0.620. The summed E-state index contributed by atoms with van der Waals surface area (Å²) in [7, 11) is -3.56. The normalized spacial score (nSPS) is 20.9. The maximum absolute atomic E-state index is 12.4. The molecule has 0 heterocycles. The topological polar surface area (TPSA) is 58.2 Å². The van der Waals surface area contributed by atoms with Crippen molar-refractivity contribution in [2.75, 3.05) is 6.54 Å². The Morgan fingerprint density at radius 2 is 2.05 bits per heavy atom. The van der Waals surface area contributed by atoms with Gasteiger partial charge in [-0.1, -0.05) is 38.4 Å². The van der Waals surface area contributed by atoms with Crippen LogP contribution in [0.15, 0.2) is 23.1 Å². The smallest absolute Gasteiger partial charge is 0.242 e. The van der Waals surface area contributed by atoms with Crippen LogP contribution in [0, 0.1) is 5.41 Å². The van der Waals surface area contributed by atoms with E-state index in [1.807, 2.05) is 26.8 Å². The van der Waals surface area contributed by atoms with Crippen LogP contribution in [0.4, 0.5) is 0 Å². The fraction of sp³-hybridized carbons (Fsp3) is 0.571. The van der Waals surface area contributed by atoms with Crippen LogP contribution in [0.3, 0.4) is 0 Å². The lowest BCUT2D eigenvalue weighted by molar-refractivity contribution is 0.555. The van der Waals surface area contributed by atoms with Gasteiger partial charge in [-0.05, 0) is 36.1 Å². The summed E-state index contributed by atoms with van der Waals surface area (Å²) >= 11 is 6.05. The van der Waals surface area contributed by atoms with E-state index in [-0.39, 0.29) is 21.4 Å². The summed E-state index contributed by atoms with van der Waals surface area (Å²) in [6, 6.07) is 5.12. The van der Waals surface area contributed by atoms with Gasteiger partial charge in [-0.2, -0.15) is 0 Å². The predicted octanol–water partition coefficient (Wildman–Crippen LogP) is 2.53. The summed E-state index contributed by atoms with van der Waals surface area (Å²) in [6.07, 6.45) is 0.862. The molecule has 112 valence electrons. The van der Waals surface area contributed by atoms with Gasteiger partial charge >= 0.3 is 0 Å². The van der Waals surface area contributed by atoms with Crippen LogP contribution in [-0.2, 0) is 16.6 Å². The molecule has 1 aliphatic rings. The average molecular weight is 317 g/mol. The lowest BCUT2D eigenvalue weighted by Gasteiger charge is -2.11. The van der Waals surface area contributed by atoms with Crippen molar-refractivity contribution < 1.29 is 8.42 Å². The lowest BCUT2D eigenvalue weighted by Crippen LogP contribution is -2.29. The second-order valence-electron chi connectivity index (χ2n) is 5.91. The third-order valence-electron chi connectivity index (χ3n) is 3.68. The molecule has 4 nitrogen and oxygen atoms in total. The quantitative estimate of drug-likeness (QED) is 0.848. The number of sulfonamides is 1. The van der Waals surface area contributed by atoms with Gasteiger partial charge in [-0.3, -0.25) is 0 Å². The Bertz CT molecular complexity index is 599. The minimum absolute atomic E-state index is 0.000916. The van der Waals surface area contributed by atoms with Crippen LogP contribution in [-0.4, -0.2) is 21.0 Å². The zero-order chi connectivity index (χ0) is 15.0. The monoisotopic (exact) mass is 316 g/mol. The molecule has 0 saturated heterocycles. The molecule has 1 aliphatic carbocycles. The molecular formula is C14H21ClN2O2S. The molecule has 1 aromatic carbocycles. The van der Waals surface area contributed by atoms with Gasteiger partial charge in [0.2, 0.25) is 10.0 Å². The number of hydrogen-bond donors (Lipinski definition) is 2. The van der Waals surface area contributed by atoms with Crippen molar-refractivity contribution in [1.29, 1.82) is 0 Å². The van der Waals surface area contributed by atoms with Crippen LogP contribution >= 0.6 is 11.6 Å². The van der Waals surface area contributed by atoms with Crippen molar-refractivity contribution in [3.05, 3.63) is 28.8 Å². The Balaban J connectivity index is 2.21. The van der Waals surface area contributed by atoms with Gasteiger partial charge in [0.25, 0.3) is 0 Å². The van der Waals surface area contributed by atoms with Crippen molar-refractivity contribution in [3.8, 4) is 0 Å². The molecule has 1 unspecified atom stereocenters. The molecule has 0 aliphatic heterocycles. The van der Waals surface area contributed by atoms with Crippen LogP contribution in [0.5, 0.6) is 0 Å². The molecule has 1 aromatic rings. The van der Waals surface area contributed by atoms with Crippen molar-refractivity contribution in [3.63, 3.8) is 0 Å². The van der Waals surface area contributed by atoms with E-state index in [0.717, 1.165) is 18.5 Å². The van der Waals surface area contributed by atoms with E-state index < -0.39 is 10.0 Å². The maximum Gasteiger partial charge on any atom is 0.242 e. The SMILES string of the molecule is CCNCc1ccc(Cl)c(S(=O)(=O)NC2CC2(C)C)c1. The van der Waals surface area contributed by atoms with E-state index in [9.17, 15) is 8.42 Å². The molecule has 0 radical (unpaired) electrons. The summed E-state index contributed by atoms with van der Waals surface area (Å²) in [6.45, 7) is 7.56. The van der Waals surface area contributed by atoms with E-state index in [1.54, 1.807) is 12.1 Å². The Morgan fingerprint density at radius 1 is 1.40 bits per heavy atom. The molecular weight excluding hydrogens is 296 g/mol.